The molecule has 0 aromatic heterocycles. The maximum Gasteiger partial charge on any atom is 0.0775 e. The number of hydrogen-bond donors (Lipinski definition) is 2. The van der Waals surface area contributed by atoms with Crippen molar-refractivity contribution < 1.29 is 0 Å². The molecule has 4 heteroatoms. The number of hydrazine groups is 1. The van der Waals surface area contributed by atoms with E-state index in [2.05, 4.69) is 103 Å². The van der Waals surface area contributed by atoms with Gasteiger partial charge in [-0.25, -0.2) is 0 Å². The fourth-order valence-electron chi connectivity index (χ4n) is 2.43. The lowest BCUT2D eigenvalue weighted by atomic mass is 10.3. The van der Waals surface area contributed by atoms with Crippen LogP contribution in [0.2, 0.25) is 19.6 Å². The van der Waals surface area contributed by atoms with Gasteiger partial charge in [0.1, 0.15) is 0 Å². The van der Waals surface area contributed by atoms with Gasteiger partial charge in [-0.05, 0) is 48.5 Å². The van der Waals surface area contributed by atoms with Crippen LogP contribution in [0.4, 0.5) is 11.4 Å². The second-order valence-electron chi connectivity index (χ2n) is 7.02. The summed E-state index contributed by atoms with van der Waals surface area (Å²) in [6, 6.07) is 27.6. The SMILES string of the molecule is C[Si](C)(C)c1ccc(NNc2ccc(Sc3ccccc3)cc2)cc1. The van der Waals surface area contributed by atoms with Gasteiger partial charge in [0.25, 0.3) is 0 Å². The highest BCUT2D eigenvalue weighted by molar-refractivity contribution is 7.99. The zero-order chi connectivity index (χ0) is 17.7. The van der Waals surface area contributed by atoms with Crippen LogP contribution in [0.15, 0.2) is 88.7 Å². The van der Waals surface area contributed by atoms with Crippen molar-refractivity contribution in [3.05, 3.63) is 78.9 Å². The Labute approximate surface area is 155 Å². The largest absolute Gasteiger partial charge is 0.301 e. The lowest BCUT2D eigenvalue weighted by molar-refractivity contribution is 1.37. The number of benzene rings is 3. The Bertz CT molecular complexity index is 794. The van der Waals surface area contributed by atoms with E-state index in [-0.39, 0.29) is 0 Å². The second-order valence-corrected chi connectivity index (χ2v) is 13.2. The Morgan fingerprint density at radius 3 is 1.60 bits per heavy atom. The molecule has 0 bridgehead atoms. The van der Waals surface area contributed by atoms with Crippen LogP contribution < -0.4 is 16.0 Å². The molecule has 0 saturated heterocycles. The van der Waals surface area contributed by atoms with E-state index in [0.717, 1.165) is 11.4 Å². The van der Waals surface area contributed by atoms with Crippen LogP contribution in [-0.4, -0.2) is 8.07 Å². The quantitative estimate of drug-likeness (QED) is 0.425. The minimum absolute atomic E-state index is 1.05. The molecule has 0 aliphatic heterocycles. The lowest BCUT2D eigenvalue weighted by Gasteiger charge is -2.17. The maximum atomic E-state index is 3.27. The number of hydrogen-bond acceptors (Lipinski definition) is 3. The zero-order valence-electron chi connectivity index (χ0n) is 14.9. The molecule has 3 aromatic rings. The highest BCUT2D eigenvalue weighted by atomic mass is 32.2. The molecule has 3 aromatic carbocycles. The monoisotopic (exact) mass is 364 g/mol. The van der Waals surface area contributed by atoms with Gasteiger partial charge in [0, 0.05) is 9.79 Å². The van der Waals surface area contributed by atoms with Gasteiger partial charge in [0.15, 0.2) is 0 Å². The second kappa shape index (κ2) is 7.81. The Hall–Kier alpha value is -2.17. The van der Waals surface area contributed by atoms with Crippen molar-refractivity contribution in [1.29, 1.82) is 0 Å². The molecule has 0 amide bonds. The molecule has 128 valence electrons. The van der Waals surface area contributed by atoms with Gasteiger partial charge in [0.2, 0.25) is 0 Å². The van der Waals surface area contributed by atoms with Crippen LogP contribution in [0, 0.1) is 0 Å². The Morgan fingerprint density at radius 2 is 1.08 bits per heavy atom. The van der Waals surface area contributed by atoms with Gasteiger partial charge < -0.3 is 10.9 Å². The minimum atomic E-state index is -1.23. The third kappa shape index (κ3) is 5.15. The summed E-state index contributed by atoms with van der Waals surface area (Å²) in [6.07, 6.45) is 0. The van der Waals surface area contributed by atoms with Crippen LogP contribution in [-0.2, 0) is 0 Å². The Balaban J connectivity index is 1.57. The molecule has 0 unspecified atom stereocenters. The molecule has 0 atom stereocenters. The fraction of sp³-hybridized carbons (Fsp3) is 0.143. The summed E-state index contributed by atoms with van der Waals surface area (Å²) in [5.74, 6) is 0. The van der Waals surface area contributed by atoms with Crippen LogP contribution in [0.1, 0.15) is 0 Å². The summed E-state index contributed by atoms with van der Waals surface area (Å²) in [5, 5.41) is 1.47. The van der Waals surface area contributed by atoms with Crippen LogP contribution in [0.5, 0.6) is 0 Å². The number of nitrogens with one attached hydrogen (secondary N) is 2. The van der Waals surface area contributed by atoms with Gasteiger partial charge in [-0.2, -0.15) is 0 Å². The van der Waals surface area contributed by atoms with E-state index in [1.165, 1.54) is 15.0 Å². The molecule has 0 spiro atoms. The maximum absolute atomic E-state index is 3.27. The number of rotatable bonds is 6. The van der Waals surface area contributed by atoms with Crippen LogP contribution in [0.25, 0.3) is 0 Å². The first-order valence-electron chi connectivity index (χ1n) is 8.46. The van der Waals surface area contributed by atoms with Crippen molar-refractivity contribution in [3.63, 3.8) is 0 Å². The first-order chi connectivity index (χ1) is 12.0. The van der Waals surface area contributed by atoms with E-state index in [4.69, 9.17) is 0 Å². The average Bonchev–Trinajstić information content (AvgIpc) is 2.62. The minimum Gasteiger partial charge on any atom is -0.301 e. The van der Waals surface area contributed by atoms with E-state index in [9.17, 15) is 0 Å². The summed E-state index contributed by atoms with van der Waals surface area (Å²) in [5.41, 5.74) is 8.65. The van der Waals surface area contributed by atoms with E-state index >= 15 is 0 Å². The van der Waals surface area contributed by atoms with Gasteiger partial charge in [-0.15, -0.1) is 0 Å². The van der Waals surface area contributed by atoms with Gasteiger partial charge in [-0.3, -0.25) is 0 Å². The van der Waals surface area contributed by atoms with Crippen molar-refractivity contribution in [2.75, 3.05) is 10.9 Å². The molecule has 25 heavy (non-hydrogen) atoms. The molecular formula is C21H24N2SSi. The third-order valence-corrected chi connectivity index (χ3v) is 7.02. The number of anilines is 2. The molecule has 0 aliphatic rings. The summed E-state index contributed by atoms with van der Waals surface area (Å²) >= 11 is 1.77. The van der Waals surface area contributed by atoms with Crippen LogP contribution >= 0.6 is 11.8 Å². The molecule has 2 N–H and O–H groups in total. The van der Waals surface area contributed by atoms with Crippen molar-refractivity contribution >= 4 is 36.4 Å². The molecule has 3 rings (SSSR count). The fourth-order valence-corrected chi connectivity index (χ4v) is 4.43. The van der Waals surface area contributed by atoms with E-state index < -0.39 is 8.07 Å². The van der Waals surface area contributed by atoms with E-state index in [1.54, 1.807) is 11.8 Å². The van der Waals surface area contributed by atoms with Gasteiger partial charge >= 0.3 is 0 Å². The summed E-state index contributed by atoms with van der Waals surface area (Å²) < 4.78 is 0. The first-order valence-corrected chi connectivity index (χ1v) is 12.8. The van der Waals surface area contributed by atoms with E-state index in [0.29, 0.717) is 0 Å². The predicted molar refractivity (Wildman–Crippen MR) is 114 cm³/mol. The molecule has 0 saturated carbocycles. The van der Waals surface area contributed by atoms with Gasteiger partial charge in [-0.1, -0.05) is 66.9 Å². The standard InChI is InChI=1S/C21H24N2SSi/c1-25(2,3)21-15-11-18(12-16-21)23-22-17-9-13-20(14-10-17)24-19-7-5-4-6-8-19/h4-16,22-23H,1-3H3. The molecule has 0 aliphatic carbocycles. The van der Waals surface area contributed by atoms with Crippen LogP contribution in [0.3, 0.4) is 0 Å². The molecule has 0 radical (unpaired) electrons. The summed E-state index contributed by atoms with van der Waals surface area (Å²) in [4.78, 5) is 2.49. The third-order valence-electron chi connectivity index (χ3n) is 3.94. The highest BCUT2D eigenvalue weighted by Crippen LogP contribution is 2.28. The predicted octanol–water partition coefficient (Wildman–Crippen LogP) is 5.82. The van der Waals surface area contributed by atoms with Crippen molar-refractivity contribution in [2.45, 2.75) is 29.4 Å². The Morgan fingerprint density at radius 1 is 0.600 bits per heavy atom. The normalized spacial score (nSPS) is 11.2. The topological polar surface area (TPSA) is 24.1 Å². The lowest BCUT2D eigenvalue weighted by Crippen LogP contribution is -2.37. The zero-order valence-corrected chi connectivity index (χ0v) is 16.7. The molecular weight excluding hydrogens is 340 g/mol. The Kier molecular flexibility index (Phi) is 5.51. The molecule has 2 nitrogen and oxygen atoms in total. The molecule has 0 heterocycles. The van der Waals surface area contributed by atoms with Gasteiger partial charge in [0.05, 0.1) is 19.4 Å². The van der Waals surface area contributed by atoms with Crippen molar-refractivity contribution in [2.24, 2.45) is 0 Å². The van der Waals surface area contributed by atoms with Crippen molar-refractivity contribution in [3.8, 4) is 0 Å². The highest BCUT2D eigenvalue weighted by Gasteiger charge is 2.15. The summed E-state index contributed by atoms with van der Waals surface area (Å²) in [6.45, 7) is 7.09. The van der Waals surface area contributed by atoms with E-state index in [1.807, 2.05) is 6.07 Å². The average molecular weight is 365 g/mol. The summed E-state index contributed by atoms with van der Waals surface area (Å²) in [7, 11) is -1.23. The van der Waals surface area contributed by atoms with Crippen molar-refractivity contribution in [1.82, 2.24) is 0 Å². The molecule has 0 fully saturated rings. The smallest absolute Gasteiger partial charge is 0.0775 e. The first kappa shape index (κ1) is 17.6.